The maximum atomic E-state index is 11.6. The number of hydrogen-bond acceptors (Lipinski definition) is 4. The highest BCUT2D eigenvalue weighted by Crippen LogP contribution is 2.34. The Morgan fingerprint density at radius 3 is 3.00 bits per heavy atom. The Bertz CT molecular complexity index is 424. The summed E-state index contributed by atoms with van der Waals surface area (Å²) in [5.41, 5.74) is 0.363. The molecule has 0 spiro atoms. The molecule has 1 aliphatic heterocycles. The van der Waals surface area contributed by atoms with Crippen LogP contribution in [0.25, 0.3) is 0 Å². The fourth-order valence-electron chi connectivity index (χ4n) is 2.91. The monoisotopic (exact) mass is 263 g/mol. The number of piperidine rings is 1. The standard InChI is InChI=1S/C14H21N3O2/c1-17-9-3-6-14(11-17,13(18)19)5-2-4-12-10-15-7-8-16-12/h7-8,10H,2-6,9,11H2,1H3,(H,18,19)/t14-/m1/s1. The molecule has 0 bridgehead atoms. The van der Waals surface area contributed by atoms with Crippen LogP contribution in [0.3, 0.4) is 0 Å². The van der Waals surface area contributed by atoms with Crippen molar-refractivity contribution in [1.82, 2.24) is 14.9 Å². The number of rotatable bonds is 5. The van der Waals surface area contributed by atoms with Crippen molar-refractivity contribution >= 4 is 5.97 Å². The summed E-state index contributed by atoms with van der Waals surface area (Å²) in [6.07, 6.45) is 9.19. The largest absolute Gasteiger partial charge is 0.481 e. The molecule has 2 rings (SSSR count). The zero-order chi connectivity index (χ0) is 13.7. The molecule has 104 valence electrons. The van der Waals surface area contributed by atoms with Crippen molar-refractivity contribution in [2.24, 2.45) is 5.41 Å². The normalized spacial score (nSPS) is 24.3. The van der Waals surface area contributed by atoms with Gasteiger partial charge in [-0.2, -0.15) is 0 Å². The van der Waals surface area contributed by atoms with Crippen LogP contribution in [0.5, 0.6) is 0 Å². The molecule has 2 heterocycles. The average Bonchev–Trinajstić information content (AvgIpc) is 2.40. The van der Waals surface area contributed by atoms with Gasteiger partial charge in [0.05, 0.1) is 11.1 Å². The minimum absolute atomic E-state index is 0.574. The van der Waals surface area contributed by atoms with E-state index in [9.17, 15) is 9.90 Å². The number of aliphatic carboxylic acids is 1. The highest BCUT2D eigenvalue weighted by atomic mass is 16.4. The number of aromatic nitrogens is 2. The van der Waals surface area contributed by atoms with E-state index in [0.29, 0.717) is 13.0 Å². The lowest BCUT2D eigenvalue weighted by molar-refractivity contribution is -0.153. The smallest absolute Gasteiger partial charge is 0.310 e. The molecule has 1 saturated heterocycles. The highest BCUT2D eigenvalue weighted by molar-refractivity contribution is 5.75. The molecule has 1 aromatic rings. The lowest BCUT2D eigenvalue weighted by atomic mass is 9.76. The predicted octanol–water partition coefficient (Wildman–Crippen LogP) is 1.60. The summed E-state index contributed by atoms with van der Waals surface area (Å²) in [6, 6.07) is 0. The van der Waals surface area contributed by atoms with Crippen molar-refractivity contribution in [1.29, 1.82) is 0 Å². The van der Waals surface area contributed by atoms with Crippen molar-refractivity contribution in [3.63, 3.8) is 0 Å². The summed E-state index contributed by atoms with van der Waals surface area (Å²) in [6.45, 7) is 1.65. The minimum Gasteiger partial charge on any atom is -0.481 e. The molecule has 0 radical (unpaired) electrons. The van der Waals surface area contributed by atoms with Gasteiger partial charge in [0, 0.05) is 25.1 Å². The second kappa shape index (κ2) is 6.10. The van der Waals surface area contributed by atoms with Gasteiger partial charge in [-0.1, -0.05) is 0 Å². The van der Waals surface area contributed by atoms with Crippen molar-refractivity contribution in [2.75, 3.05) is 20.1 Å². The quantitative estimate of drug-likeness (QED) is 0.874. The van der Waals surface area contributed by atoms with E-state index in [1.807, 2.05) is 7.05 Å². The maximum absolute atomic E-state index is 11.6. The topological polar surface area (TPSA) is 66.3 Å². The van der Waals surface area contributed by atoms with Gasteiger partial charge in [0.15, 0.2) is 0 Å². The number of aryl methyl sites for hydroxylation is 1. The molecule has 1 N–H and O–H groups in total. The van der Waals surface area contributed by atoms with E-state index in [4.69, 9.17) is 0 Å². The first kappa shape index (κ1) is 13.9. The molecule has 0 unspecified atom stereocenters. The number of carboxylic acids is 1. The molecule has 1 atom stereocenters. The summed E-state index contributed by atoms with van der Waals surface area (Å²) < 4.78 is 0. The molecule has 5 nitrogen and oxygen atoms in total. The van der Waals surface area contributed by atoms with Gasteiger partial charge in [-0.05, 0) is 45.7 Å². The van der Waals surface area contributed by atoms with Crippen molar-refractivity contribution in [3.05, 3.63) is 24.3 Å². The maximum Gasteiger partial charge on any atom is 0.310 e. The van der Waals surface area contributed by atoms with Gasteiger partial charge in [0.2, 0.25) is 0 Å². The van der Waals surface area contributed by atoms with Crippen LogP contribution in [0.2, 0.25) is 0 Å². The third-order valence-corrected chi connectivity index (χ3v) is 3.93. The van der Waals surface area contributed by atoms with Gasteiger partial charge in [-0.25, -0.2) is 0 Å². The second-order valence-corrected chi connectivity index (χ2v) is 5.48. The van der Waals surface area contributed by atoms with E-state index < -0.39 is 11.4 Å². The minimum atomic E-state index is -0.654. The Kier molecular flexibility index (Phi) is 4.47. The van der Waals surface area contributed by atoms with Crippen molar-refractivity contribution in [2.45, 2.75) is 32.1 Å². The van der Waals surface area contributed by atoms with E-state index in [-0.39, 0.29) is 0 Å². The average molecular weight is 263 g/mol. The molecule has 5 heteroatoms. The van der Waals surface area contributed by atoms with Crippen LogP contribution in [-0.4, -0.2) is 46.1 Å². The zero-order valence-corrected chi connectivity index (χ0v) is 11.4. The molecular formula is C14H21N3O2. The number of likely N-dealkylation sites (tertiary alicyclic amines) is 1. The first-order valence-corrected chi connectivity index (χ1v) is 6.79. The Labute approximate surface area is 113 Å². The van der Waals surface area contributed by atoms with E-state index in [1.165, 1.54) is 0 Å². The fourth-order valence-corrected chi connectivity index (χ4v) is 2.91. The van der Waals surface area contributed by atoms with Gasteiger partial charge in [-0.3, -0.25) is 14.8 Å². The van der Waals surface area contributed by atoms with Crippen LogP contribution in [-0.2, 0) is 11.2 Å². The Balaban J connectivity index is 1.92. The number of nitrogens with zero attached hydrogens (tertiary/aromatic N) is 3. The van der Waals surface area contributed by atoms with Crippen LogP contribution in [0, 0.1) is 5.41 Å². The highest BCUT2D eigenvalue weighted by Gasteiger charge is 2.40. The Morgan fingerprint density at radius 2 is 2.37 bits per heavy atom. The van der Waals surface area contributed by atoms with Crippen LogP contribution in [0.1, 0.15) is 31.4 Å². The van der Waals surface area contributed by atoms with Crippen LogP contribution < -0.4 is 0 Å². The van der Waals surface area contributed by atoms with Gasteiger partial charge in [-0.15, -0.1) is 0 Å². The molecule has 1 fully saturated rings. The van der Waals surface area contributed by atoms with Gasteiger partial charge >= 0.3 is 5.97 Å². The number of hydrogen-bond donors (Lipinski definition) is 1. The van der Waals surface area contributed by atoms with Gasteiger partial charge in [0.1, 0.15) is 0 Å². The first-order valence-electron chi connectivity index (χ1n) is 6.79. The third-order valence-electron chi connectivity index (χ3n) is 3.93. The predicted molar refractivity (Wildman–Crippen MR) is 71.8 cm³/mol. The van der Waals surface area contributed by atoms with Crippen molar-refractivity contribution < 1.29 is 9.90 Å². The molecule has 0 aromatic carbocycles. The van der Waals surface area contributed by atoms with Gasteiger partial charge < -0.3 is 10.0 Å². The van der Waals surface area contributed by atoms with Crippen LogP contribution >= 0.6 is 0 Å². The molecule has 19 heavy (non-hydrogen) atoms. The third kappa shape index (κ3) is 3.50. The summed E-state index contributed by atoms with van der Waals surface area (Å²) in [7, 11) is 2.00. The molecule has 0 amide bonds. The second-order valence-electron chi connectivity index (χ2n) is 5.48. The summed E-state index contributed by atoms with van der Waals surface area (Å²) >= 11 is 0. The molecular weight excluding hydrogens is 242 g/mol. The zero-order valence-electron chi connectivity index (χ0n) is 11.4. The Morgan fingerprint density at radius 1 is 1.53 bits per heavy atom. The lowest BCUT2D eigenvalue weighted by Gasteiger charge is -2.38. The van der Waals surface area contributed by atoms with E-state index >= 15 is 0 Å². The molecule has 0 aliphatic carbocycles. The van der Waals surface area contributed by atoms with Crippen molar-refractivity contribution in [3.8, 4) is 0 Å². The summed E-state index contributed by atoms with van der Waals surface area (Å²) in [5, 5.41) is 9.55. The van der Waals surface area contributed by atoms with Crippen LogP contribution in [0.15, 0.2) is 18.6 Å². The van der Waals surface area contributed by atoms with Crippen LogP contribution in [0.4, 0.5) is 0 Å². The fraction of sp³-hybridized carbons (Fsp3) is 0.643. The van der Waals surface area contributed by atoms with E-state index in [1.54, 1.807) is 18.6 Å². The number of carbonyl (C=O) groups is 1. The molecule has 0 saturated carbocycles. The molecule has 1 aromatic heterocycles. The summed E-state index contributed by atoms with van der Waals surface area (Å²) in [4.78, 5) is 22.0. The SMILES string of the molecule is CN1CCC[C@@](CCCc2cnccn2)(C(=O)O)C1. The lowest BCUT2D eigenvalue weighted by Crippen LogP contribution is -2.46. The Hall–Kier alpha value is -1.49. The van der Waals surface area contributed by atoms with E-state index in [0.717, 1.165) is 37.9 Å². The first-order chi connectivity index (χ1) is 9.12. The van der Waals surface area contributed by atoms with E-state index in [2.05, 4.69) is 14.9 Å². The molecule has 1 aliphatic rings. The van der Waals surface area contributed by atoms with Gasteiger partial charge in [0.25, 0.3) is 0 Å². The summed E-state index contributed by atoms with van der Waals surface area (Å²) in [5.74, 6) is -0.654. The number of carboxylic acid groups (broad SMARTS) is 1.